The fourth-order valence-electron chi connectivity index (χ4n) is 4.51. The Balaban J connectivity index is 1.61. The summed E-state index contributed by atoms with van der Waals surface area (Å²) in [6.07, 6.45) is 0. The number of nitrogens with zero attached hydrogens (tertiary/aromatic N) is 5. The number of aromatic nitrogens is 3. The summed E-state index contributed by atoms with van der Waals surface area (Å²) in [6, 6.07) is 21.1. The number of amides is 1. The van der Waals surface area contributed by atoms with Crippen molar-refractivity contribution in [2.75, 3.05) is 38.3 Å². The average molecular weight is 657 g/mol. The third-order valence-electron chi connectivity index (χ3n) is 6.90. The van der Waals surface area contributed by atoms with Crippen LogP contribution in [0.15, 0.2) is 87.7 Å². The van der Waals surface area contributed by atoms with Crippen molar-refractivity contribution in [3.05, 3.63) is 83.9 Å². The molecular formula is C30H36N6O5S3. The predicted molar refractivity (Wildman–Crippen MR) is 173 cm³/mol. The van der Waals surface area contributed by atoms with Crippen LogP contribution in [0.1, 0.15) is 25.0 Å². The maximum absolute atomic E-state index is 13.2. The van der Waals surface area contributed by atoms with Crippen LogP contribution in [-0.2, 0) is 31.4 Å². The van der Waals surface area contributed by atoms with Gasteiger partial charge in [0, 0.05) is 38.4 Å². The van der Waals surface area contributed by atoms with Crippen LogP contribution in [0.5, 0.6) is 0 Å². The van der Waals surface area contributed by atoms with Gasteiger partial charge in [0.05, 0.1) is 22.1 Å². The van der Waals surface area contributed by atoms with E-state index in [1.807, 2.05) is 34.9 Å². The lowest BCUT2D eigenvalue weighted by Crippen LogP contribution is -2.30. The Morgan fingerprint density at radius 3 is 2.25 bits per heavy atom. The van der Waals surface area contributed by atoms with Gasteiger partial charge in [-0.15, -0.1) is 10.2 Å². The molecule has 234 valence electrons. The van der Waals surface area contributed by atoms with Crippen LogP contribution in [0, 0.1) is 6.92 Å². The monoisotopic (exact) mass is 656 g/mol. The predicted octanol–water partition coefficient (Wildman–Crippen LogP) is 4.31. The van der Waals surface area contributed by atoms with Gasteiger partial charge >= 0.3 is 0 Å². The van der Waals surface area contributed by atoms with Crippen molar-refractivity contribution in [1.29, 1.82) is 0 Å². The third kappa shape index (κ3) is 7.38. The smallest absolute Gasteiger partial charge is 0.243 e. The van der Waals surface area contributed by atoms with Gasteiger partial charge in [0.1, 0.15) is 0 Å². The minimum Gasteiger partial charge on any atom is -0.325 e. The summed E-state index contributed by atoms with van der Waals surface area (Å²) >= 11 is 1.17. The van der Waals surface area contributed by atoms with Crippen LogP contribution in [0.25, 0.3) is 11.4 Å². The van der Waals surface area contributed by atoms with Gasteiger partial charge in [0.15, 0.2) is 11.0 Å². The summed E-state index contributed by atoms with van der Waals surface area (Å²) in [5.74, 6) is 0.0908. The fourth-order valence-corrected chi connectivity index (χ4v) is 7.89. The highest BCUT2D eigenvalue weighted by Gasteiger charge is 2.24. The van der Waals surface area contributed by atoms with Crippen LogP contribution in [0.3, 0.4) is 0 Å². The summed E-state index contributed by atoms with van der Waals surface area (Å²) in [4.78, 5) is 13.2. The van der Waals surface area contributed by atoms with Crippen LogP contribution in [0.4, 0.5) is 5.69 Å². The number of benzene rings is 3. The van der Waals surface area contributed by atoms with Crippen LogP contribution >= 0.6 is 11.8 Å². The van der Waals surface area contributed by atoms with Gasteiger partial charge in [0.25, 0.3) is 0 Å². The van der Waals surface area contributed by atoms with Crippen LogP contribution < -0.4 is 5.32 Å². The Morgan fingerprint density at radius 1 is 0.886 bits per heavy atom. The molecule has 0 atom stereocenters. The highest BCUT2D eigenvalue weighted by Crippen LogP contribution is 2.28. The van der Waals surface area contributed by atoms with Gasteiger partial charge < -0.3 is 5.32 Å². The van der Waals surface area contributed by atoms with E-state index in [9.17, 15) is 21.6 Å². The lowest BCUT2D eigenvalue weighted by molar-refractivity contribution is -0.113. The SMILES string of the molecule is CCN(CC)S(=O)(=O)c1cccc(-c2nnc(SCC(=O)Nc3ccc(C)c(S(=O)(=O)N(C)C)c3)n2Cc2ccccc2)c1. The Labute approximate surface area is 263 Å². The molecule has 1 heterocycles. The highest BCUT2D eigenvalue weighted by molar-refractivity contribution is 7.99. The van der Waals surface area contributed by atoms with E-state index in [2.05, 4.69) is 15.5 Å². The van der Waals surface area contributed by atoms with Crippen LogP contribution in [0.2, 0.25) is 0 Å². The number of hydrogen-bond donors (Lipinski definition) is 1. The summed E-state index contributed by atoms with van der Waals surface area (Å²) in [6.45, 7) is 6.39. The van der Waals surface area contributed by atoms with Gasteiger partial charge in [-0.05, 0) is 42.3 Å². The van der Waals surface area contributed by atoms with E-state index in [1.165, 1.54) is 36.2 Å². The molecule has 3 aromatic carbocycles. The van der Waals surface area contributed by atoms with Gasteiger partial charge in [-0.3, -0.25) is 9.36 Å². The Kier molecular flexibility index (Phi) is 10.6. The molecule has 14 heteroatoms. The van der Waals surface area contributed by atoms with Gasteiger partial charge in [-0.25, -0.2) is 21.1 Å². The molecule has 0 fully saturated rings. The van der Waals surface area contributed by atoms with Gasteiger partial charge in [-0.1, -0.05) is 74.1 Å². The normalized spacial score (nSPS) is 12.2. The highest BCUT2D eigenvalue weighted by atomic mass is 32.2. The first kappa shape index (κ1) is 33.3. The minimum atomic E-state index is -3.69. The first-order chi connectivity index (χ1) is 20.9. The molecule has 4 rings (SSSR count). The molecule has 0 bridgehead atoms. The van der Waals surface area contributed by atoms with E-state index in [1.54, 1.807) is 57.2 Å². The number of thioether (sulfide) groups is 1. The number of nitrogens with one attached hydrogen (secondary N) is 1. The molecule has 44 heavy (non-hydrogen) atoms. The Bertz CT molecular complexity index is 1840. The van der Waals surface area contributed by atoms with E-state index in [4.69, 9.17) is 0 Å². The molecule has 0 aliphatic carbocycles. The van der Waals surface area contributed by atoms with Crippen molar-refractivity contribution in [2.24, 2.45) is 0 Å². The van der Waals surface area contributed by atoms with Crippen LogP contribution in [-0.4, -0.2) is 79.1 Å². The number of rotatable bonds is 13. The fraction of sp³-hybridized carbons (Fsp3) is 0.300. The number of sulfonamides is 2. The molecular weight excluding hydrogens is 621 g/mol. The van der Waals surface area contributed by atoms with E-state index >= 15 is 0 Å². The number of carbonyl (C=O) groups is 1. The van der Waals surface area contributed by atoms with Crippen molar-refractivity contribution in [3.63, 3.8) is 0 Å². The molecule has 0 unspecified atom stereocenters. The minimum absolute atomic E-state index is 0.0209. The van der Waals surface area contributed by atoms with E-state index < -0.39 is 20.0 Å². The van der Waals surface area contributed by atoms with Crippen molar-refractivity contribution in [1.82, 2.24) is 23.4 Å². The quantitative estimate of drug-likeness (QED) is 0.211. The average Bonchev–Trinajstić information content (AvgIpc) is 3.40. The molecule has 0 spiro atoms. The first-order valence-electron chi connectivity index (χ1n) is 13.9. The molecule has 11 nitrogen and oxygen atoms in total. The zero-order valence-electron chi connectivity index (χ0n) is 25.3. The van der Waals surface area contributed by atoms with E-state index in [0.717, 1.165) is 9.87 Å². The molecule has 0 saturated heterocycles. The second kappa shape index (κ2) is 14.0. The second-order valence-electron chi connectivity index (χ2n) is 10.1. The lowest BCUT2D eigenvalue weighted by atomic mass is 10.2. The molecule has 1 N–H and O–H groups in total. The standard InChI is InChI=1S/C30H36N6O5S3/c1-6-35(7-2)43(38,39)26-15-11-14-24(18-26)29-32-33-30(36(29)20-23-12-9-8-10-13-23)42-21-28(37)31-25-17-16-22(3)27(19-25)44(40,41)34(4)5/h8-19H,6-7,20-21H2,1-5H3,(H,31,37). The van der Waals surface area contributed by atoms with E-state index in [-0.39, 0.29) is 21.5 Å². The summed E-state index contributed by atoms with van der Waals surface area (Å²) < 4.78 is 56.2. The molecule has 0 aliphatic rings. The topological polar surface area (TPSA) is 135 Å². The lowest BCUT2D eigenvalue weighted by Gasteiger charge is -2.19. The van der Waals surface area contributed by atoms with Crippen molar-refractivity contribution >= 4 is 43.4 Å². The van der Waals surface area contributed by atoms with Gasteiger partial charge in [-0.2, -0.15) is 4.31 Å². The summed E-state index contributed by atoms with van der Waals surface area (Å²) in [5, 5.41) is 12.0. The number of carbonyl (C=O) groups excluding carboxylic acids is 1. The second-order valence-corrected chi connectivity index (χ2v) is 15.1. The number of aryl methyl sites for hydroxylation is 1. The van der Waals surface area contributed by atoms with Gasteiger partial charge in [0.2, 0.25) is 26.0 Å². The Morgan fingerprint density at radius 2 is 1.59 bits per heavy atom. The third-order valence-corrected chi connectivity index (χ3v) is 11.9. The zero-order chi connectivity index (χ0) is 32.1. The number of hydrogen-bond acceptors (Lipinski definition) is 8. The summed E-state index contributed by atoms with van der Waals surface area (Å²) in [7, 11) is -4.47. The zero-order valence-corrected chi connectivity index (χ0v) is 27.7. The van der Waals surface area contributed by atoms with Crippen molar-refractivity contribution in [2.45, 2.75) is 42.3 Å². The van der Waals surface area contributed by atoms with Crippen molar-refractivity contribution < 1.29 is 21.6 Å². The largest absolute Gasteiger partial charge is 0.325 e. The molecule has 4 aromatic rings. The Hall–Kier alpha value is -3.56. The molecule has 0 aliphatic heterocycles. The van der Waals surface area contributed by atoms with E-state index in [0.29, 0.717) is 47.4 Å². The molecule has 1 aromatic heterocycles. The molecule has 1 amide bonds. The summed E-state index contributed by atoms with van der Waals surface area (Å²) in [5.41, 5.74) is 2.48. The molecule has 0 radical (unpaired) electrons. The maximum atomic E-state index is 13.2. The van der Waals surface area contributed by atoms with Crippen molar-refractivity contribution in [3.8, 4) is 11.4 Å². The first-order valence-corrected chi connectivity index (χ1v) is 17.8. The molecule has 0 saturated carbocycles. The maximum Gasteiger partial charge on any atom is 0.243 e. The number of anilines is 1.